The third kappa shape index (κ3) is 2.23. The summed E-state index contributed by atoms with van der Waals surface area (Å²) in [6, 6.07) is 4.57. The van der Waals surface area contributed by atoms with E-state index in [2.05, 4.69) is 21.2 Å². The fourth-order valence-electron chi connectivity index (χ4n) is 1.18. The predicted molar refractivity (Wildman–Crippen MR) is 55.7 cm³/mol. The molecule has 0 saturated heterocycles. The molecule has 0 spiro atoms. The van der Waals surface area contributed by atoms with Crippen LogP contribution in [0.25, 0.3) is 0 Å². The largest absolute Gasteiger partial charge is 0.382 e. The lowest BCUT2D eigenvalue weighted by molar-refractivity contribution is 0.326. The molecule has 1 saturated carbocycles. The molecular formula is C10H10BrF2N. The van der Waals surface area contributed by atoms with Crippen LogP contribution in [0.4, 0.5) is 14.5 Å². The molecule has 0 aromatic heterocycles. The first kappa shape index (κ1) is 9.90. The third-order valence-electron chi connectivity index (χ3n) is 2.32. The highest BCUT2D eigenvalue weighted by Crippen LogP contribution is 2.39. The second kappa shape index (κ2) is 3.50. The first-order valence-electron chi connectivity index (χ1n) is 4.47. The van der Waals surface area contributed by atoms with E-state index in [0.29, 0.717) is 23.9 Å². The molecular weight excluding hydrogens is 252 g/mol. The molecule has 2 rings (SSSR count). The maximum atomic E-state index is 13.2. The van der Waals surface area contributed by atoms with Crippen LogP contribution in [0.3, 0.4) is 0 Å². The van der Waals surface area contributed by atoms with Crippen molar-refractivity contribution in [2.45, 2.75) is 18.5 Å². The van der Waals surface area contributed by atoms with Gasteiger partial charge in [0.2, 0.25) is 0 Å². The zero-order chi connectivity index (χ0) is 10.2. The molecule has 1 aromatic carbocycles. The summed E-state index contributed by atoms with van der Waals surface area (Å²) in [5, 5.41) is 2.94. The molecule has 0 radical (unpaired) electrons. The highest BCUT2D eigenvalue weighted by atomic mass is 79.9. The van der Waals surface area contributed by atoms with Crippen molar-refractivity contribution in [2.75, 3.05) is 11.9 Å². The van der Waals surface area contributed by atoms with Crippen LogP contribution in [-0.4, -0.2) is 12.2 Å². The minimum absolute atomic E-state index is 0.308. The quantitative estimate of drug-likeness (QED) is 0.879. The fourth-order valence-corrected chi connectivity index (χ4v) is 1.56. The number of rotatable bonds is 3. The van der Waals surface area contributed by atoms with Crippen LogP contribution < -0.4 is 5.32 Å². The average molecular weight is 262 g/mol. The van der Waals surface area contributed by atoms with Gasteiger partial charge in [0.15, 0.2) is 0 Å². The predicted octanol–water partition coefficient (Wildman–Crippen LogP) is 3.50. The van der Waals surface area contributed by atoms with Gasteiger partial charge >= 0.3 is 0 Å². The summed E-state index contributed by atoms with van der Waals surface area (Å²) in [7, 11) is 0. The lowest BCUT2D eigenvalue weighted by Crippen LogP contribution is -2.15. The van der Waals surface area contributed by atoms with Gasteiger partial charge in [0, 0.05) is 12.2 Å². The van der Waals surface area contributed by atoms with Crippen molar-refractivity contribution in [3.63, 3.8) is 0 Å². The molecule has 0 amide bonds. The number of nitrogens with one attached hydrogen (secondary N) is 1. The van der Waals surface area contributed by atoms with Gasteiger partial charge in [0.25, 0.3) is 0 Å². The van der Waals surface area contributed by atoms with E-state index >= 15 is 0 Å². The Morgan fingerprint density at radius 3 is 2.71 bits per heavy atom. The summed E-state index contributed by atoms with van der Waals surface area (Å²) in [4.78, 5) is 0. The Labute approximate surface area is 89.6 Å². The van der Waals surface area contributed by atoms with Gasteiger partial charge in [-0.25, -0.2) is 8.78 Å². The monoisotopic (exact) mass is 261 g/mol. The van der Waals surface area contributed by atoms with E-state index in [4.69, 9.17) is 0 Å². The Balaban J connectivity index is 1.99. The van der Waals surface area contributed by atoms with E-state index < -0.39 is 5.67 Å². The number of hydrogen-bond acceptors (Lipinski definition) is 1. The van der Waals surface area contributed by atoms with Gasteiger partial charge < -0.3 is 5.32 Å². The summed E-state index contributed by atoms with van der Waals surface area (Å²) in [5.41, 5.74) is -0.289. The normalized spacial score (nSPS) is 17.9. The molecule has 1 aliphatic rings. The Kier molecular flexibility index (Phi) is 2.47. The van der Waals surface area contributed by atoms with E-state index in [1.807, 2.05) is 0 Å². The maximum absolute atomic E-state index is 13.2. The van der Waals surface area contributed by atoms with Crippen LogP contribution in [0.5, 0.6) is 0 Å². The number of benzene rings is 1. The van der Waals surface area contributed by atoms with Crippen molar-refractivity contribution in [1.29, 1.82) is 0 Å². The van der Waals surface area contributed by atoms with E-state index in [-0.39, 0.29) is 5.82 Å². The number of alkyl halides is 1. The molecule has 0 unspecified atom stereocenters. The molecule has 0 aliphatic heterocycles. The van der Waals surface area contributed by atoms with E-state index in [9.17, 15) is 8.78 Å². The molecule has 1 aliphatic carbocycles. The molecule has 76 valence electrons. The number of hydrogen-bond donors (Lipinski definition) is 1. The van der Waals surface area contributed by atoms with Gasteiger partial charge in [-0.15, -0.1) is 0 Å². The Hall–Kier alpha value is -0.640. The molecule has 1 N–H and O–H groups in total. The third-order valence-corrected chi connectivity index (χ3v) is 2.93. The van der Waals surface area contributed by atoms with Crippen LogP contribution in [0, 0.1) is 5.82 Å². The molecule has 1 aromatic rings. The zero-order valence-electron chi connectivity index (χ0n) is 7.49. The van der Waals surface area contributed by atoms with Crippen LogP contribution in [0.15, 0.2) is 22.7 Å². The Bertz CT molecular complexity index is 350. The molecule has 0 heterocycles. The second-order valence-electron chi connectivity index (χ2n) is 3.63. The molecule has 0 bridgehead atoms. The number of halogens is 3. The van der Waals surface area contributed by atoms with Crippen molar-refractivity contribution in [2.24, 2.45) is 0 Å². The molecule has 1 fully saturated rings. The second-order valence-corrected chi connectivity index (χ2v) is 4.49. The Morgan fingerprint density at radius 2 is 2.14 bits per heavy atom. The maximum Gasteiger partial charge on any atom is 0.137 e. The Morgan fingerprint density at radius 1 is 1.43 bits per heavy atom. The summed E-state index contributed by atoms with van der Waals surface area (Å²) in [6.45, 7) is 0.311. The molecule has 14 heavy (non-hydrogen) atoms. The lowest BCUT2D eigenvalue weighted by atomic mass is 10.3. The van der Waals surface area contributed by atoms with E-state index in [0.717, 1.165) is 5.69 Å². The van der Waals surface area contributed by atoms with Gasteiger partial charge in [-0.05, 0) is 47.0 Å². The summed E-state index contributed by atoms with van der Waals surface area (Å²) in [6.07, 6.45) is 1.25. The minimum atomic E-state index is -1.03. The highest BCUT2D eigenvalue weighted by Gasteiger charge is 2.42. The lowest BCUT2D eigenvalue weighted by Gasteiger charge is -2.09. The van der Waals surface area contributed by atoms with Gasteiger partial charge in [-0.3, -0.25) is 0 Å². The fraction of sp³-hybridized carbons (Fsp3) is 0.400. The number of anilines is 1. The SMILES string of the molecule is Fc1ccc(NCC2(F)CC2)cc1Br. The van der Waals surface area contributed by atoms with Crippen molar-refractivity contribution in [1.82, 2.24) is 0 Å². The first-order chi connectivity index (χ1) is 6.59. The van der Waals surface area contributed by atoms with Crippen LogP contribution in [-0.2, 0) is 0 Å². The molecule has 4 heteroatoms. The van der Waals surface area contributed by atoms with Gasteiger partial charge in [-0.1, -0.05) is 0 Å². The summed E-state index contributed by atoms with van der Waals surface area (Å²) in [5.74, 6) is -0.308. The van der Waals surface area contributed by atoms with Crippen molar-refractivity contribution >= 4 is 21.6 Å². The van der Waals surface area contributed by atoms with Crippen LogP contribution in [0.2, 0.25) is 0 Å². The topological polar surface area (TPSA) is 12.0 Å². The van der Waals surface area contributed by atoms with Gasteiger partial charge in [0.1, 0.15) is 11.5 Å². The summed E-state index contributed by atoms with van der Waals surface area (Å²) < 4.78 is 26.4. The minimum Gasteiger partial charge on any atom is -0.382 e. The van der Waals surface area contributed by atoms with Crippen molar-refractivity contribution in [3.05, 3.63) is 28.5 Å². The zero-order valence-corrected chi connectivity index (χ0v) is 9.07. The van der Waals surface area contributed by atoms with Gasteiger partial charge in [-0.2, -0.15) is 0 Å². The smallest absolute Gasteiger partial charge is 0.137 e. The summed E-state index contributed by atoms with van der Waals surface area (Å²) >= 11 is 3.07. The highest BCUT2D eigenvalue weighted by molar-refractivity contribution is 9.10. The standard InChI is InChI=1S/C10H10BrF2N/c11-8-5-7(1-2-9(8)12)14-6-10(13)3-4-10/h1-2,5,14H,3-4,6H2. The van der Waals surface area contributed by atoms with Crippen LogP contribution in [0.1, 0.15) is 12.8 Å². The van der Waals surface area contributed by atoms with Crippen molar-refractivity contribution < 1.29 is 8.78 Å². The van der Waals surface area contributed by atoms with Crippen LogP contribution >= 0.6 is 15.9 Å². The average Bonchev–Trinajstić information content (AvgIpc) is 2.87. The first-order valence-corrected chi connectivity index (χ1v) is 5.26. The molecule has 1 nitrogen and oxygen atoms in total. The van der Waals surface area contributed by atoms with Crippen molar-refractivity contribution in [3.8, 4) is 0 Å². The van der Waals surface area contributed by atoms with Gasteiger partial charge in [0.05, 0.1) is 4.47 Å². The molecule has 0 atom stereocenters. The van der Waals surface area contributed by atoms with E-state index in [1.54, 1.807) is 12.1 Å². The van der Waals surface area contributed by atoms with E-state index in [1.165, 1.54) is 6.07 Å².